The molecule has 3 heterocycles. The van der Waals surface area contributed by atoms with Crippen LogP contribution in [0.15, 0.2) is 36.5 Å². The van der Waals surface area contributed by atoms with E-state index in [2.05, 4.69) is 10.3 Å². The topological polar surface area (TPSA) is 163 Å². The van der Waals surface area contributed by atoms with E-state index < -0.39 is 72.6 Å². The molecule has 2 aliphatic heterocycles. The highest BCUT2D eigenvalue weighted by Gasteiger charge is 2.52. The number of rotatable bonds is 7. The Hall–Kier alpha value is -3.91. The molecule has 12 nitrogen and oxygen atoms in total. The van der Waals surface area contributed by atoms with E-state index in [9.17, 15) is 38.5 Å². The number of nitrogens with zero attached hydrogens (tertiary/aromatic N) is 5. The number of aryl methyl sites for hydroxylation is 1. The van der Waals surface area contributed by atoms with Gasteiger partial charge in [-0.05, 0) is 42.8 Å². The number of nitriles is 1. The molecule has 3 aromatic rings. The van der Waals surface area contributed by atoms with Crippen LogP contribution in [-0.2, 0) is 19.0 Å². The number of methoxy groups -OCH3 is 1. The summed E-state index contributed by atoms with van der Waals surface area (Å²) in [7, 11) is 1.26. The van der Waals surface area contributed by atoms with Gasteiger partial charge in [-0.3, -0.25) is 4.79 Å². The number of aliphatic hydroxyl groups excluding tert-OH is 3. The summed E-state index contributed by atoms with van der Waals surface area (Å²) in [5, 5.41) is 49.3. The van der Waals surface area contributed by atoms with Gasteiger partial charge in [-0.1, -0.05) is 5.21 Å². The van der Waals surface area contributed by atoms with Gasteiger partial charge >= 0.3 is 0 Å². The number of carbonyl (C=O) groups is 1. The van der Waals surface area contributed by atoms with Crippen molar-refractivity contribution in [2.75, 3.05) is 31.8 Å². The lowest BCUT2D eigenvalue weighted by Gasteiger charge is -2.45. The number of hydrogen-bond donors (Lipinski definition) is 3. The molecular weight excluding hydrogens is 575 g/mol. The maximum Gasteiger partial charge on any atom is 0.259 e. The van der Waals surface area contributed by atoms with Crippen LogP contribution in [0.3, 0.4) is 0 Å². The Balaban J connectivity index is 1.55. The average Bonchev–Trinajstić information content (AvgIpc) is 3.64. The average molecular weight is 604 g/mol. The number of aliphatic hydroxyl groups is 3. The van der Waals surface area contributed by atoms with E-state index in [4.69, 9.17) is 14.2 Å². The molecule has 0 aliphatic carbocycles. The second kappa shape index (κ2) is 12.4. The van der Waals surface area contributed by atoms with Gasteiger partial charge in [-0.15, -0.1) is 5.10 Å². The zero-order chi connectivity index (χ0) is 31.0. The van der Waals surface area contributed by atoms with E-state index in [1.807, 2.05) is 6.07 Å². The molecule has 1 amide bonds. The summed E-state index contributed by atoms with van der Waals surface area (Å²) in [5.74, 6) is -5.26. The van der Waals surface area contributed by atoms with Gasteiger partial charge in [-0.2, -0.15) is 5.26 Å². The third kappa shape index (κ3) is 5.73. The van der Waals surface area contributed by atoms with Crippen LogP contribution in [0.4, 0.5) is 18.9 Å². The Morgan fingerprint density at radius 1 is 1.19 bits per heavy atom. The van der Waals surface area contributed by atoms with Gasteiger partial charge in [0.15, 0.2) is 23.6 Å². The fourth-order valence-electron chi connectivity index (χ4n) is 5.48. The molecule has 1 aromatic heterocycles. The van der Waals surface area contributed by atoms with Gasteiger partial charge in [0, 0.05) is 18.4 Å². The Kier molecular flexibility index (Phi) is 8.79. The molecule has 2 saturated heterocycles. The minimum Gasteiger partial charge on any atom is -0.394 e. The number of hydrogen-bond acceptors (Lipinski definition) is 10. The predicted octanol–water partition coefficient (Wildman–Crippen LogP) is 1.01. The highest BCUT2D eigenvalue weighted by molar-refractivity contribution is 5.98. The molecule has 7 atom stereocenters. The molecule has 2 aliphatic rings. The summed E-state index contributed by atoms with van der Waals surface area (Å²) in [6.45, 7) is 0.947. The quantitative estimate of drug-likeness (QED) is 0.332. The van der Waals surface area contributed by atoms with Crippen molar-refractivity contribution in [1.29, 1.82) is 5.26 Å². The number of carbonyl (C=O) groups excluding carboxylic acids is 1. The van der Waals surface area contributed by atoms with Gasteiger partial charge in [0.1, 0.15) is 36.2 Å². The number of benzene rings is 2. The zero-order valence-electron chi connectivity index (χ0n) is 23.0. The van der Waals surface area contributed by atoms with E-state index in [0.717, 1.165) is 16.8 Å². The van der Waals surface area contributed by atoms with E-state index in [0.29, 0.717) is 5.56 Å². The largest absolute Gasteiger partial charge is 0.394 e. The molecule has 0 radical (unpaired) electrons. The van der Waals surface area contributed by atoms with Crippen LogP contribution in [0, 0.1) is 35.7 Å². The van der Waals surface area contributed by atoms with Crippen LogP contribution in [0.2, 0.25) is 0 Å². The molecule has 0 spiro atoms. The standard InChI is InChI=1S/C28H28F3N5O7/c1-13-3-14(8-32)5-16(4-13)36(20-11-42-12-21(20)38)28(40)27-26(41-2)24(25(39)22(10-37)43-27)35-9-19(33-34-35)15-6-17(29)23(31)18(30)7-15/h3-7,9,20-22,24-27,37-39H,10-12H2,1-2H3/t20-,21-,22?,24?,25?,26?,27?/m1/s1. The monoisotopic (exact) mass is 603 g/mol. The number of halogens is 3. The van der Waals surface area contributed by atoms with Crippen LogP contribution in [0.1, 0.15) is 17.2 Å². The highest BCUT2D eigenvalue weighted by atomic mass is 19.2. The molecule has 2 fully saturated rings. The van der Waals surface area contributed by atoms with Crippen LogP contribution in [0.5, 0.6) is 0 Å². The highest BCUT2D eigenvalue weighted by Crippen LogP contribution is 2.36. The lowest BCUT2D eigenvalue weighted by molar-refractivity contribution is -0.211. The van der Waals surface area contributed by atoms with Crippen LogP contribution < -0.4 is 4.90 Å². The fourth-order valence-corrected chi connectivity index (χ4v) is 5.48. The Labute approximate surface area is 243 Å². The molecule has 15 heteroatoms. The first-order valence-corrected chi connectivity index (χ1v) is 13.2. The molecule has 2 aromatic carbocycles. The molecule has 5 unspecified atom stereocenters. The van der Waals surface area contributed by atoms with Crippen molar-refractivity contribution in [3.8, 4) is 17.3 Å². The second-order valence-electron chi connectivity index (χ2n) is 10.3. The molecule has 3 N–H and O–H groups in total. The third-order valence-electron chi connectivity index (χ3n) is 7.54. The first-order chi connectivity index (χ1) is 20.6. The smallest absolute Gasteiger partial charge is 0.259 e. The molecule has 0 saturated carbocycles. The van der Waals surface area contributed by atoms with Crippen molar-refractivity contribution in [2.24, 2.45) is 0 Å². The SMILES string of the molecule is COC1C(C(=O)N(c2cc(C)cc(C#N)c2)[C@@H]2COC[C@H]2O)OC(CO)C(O)C1n1cc(-c2cc(F)c(F)c(F)c2)nn1. The Bertz CT molecular complexity index is 1530. The summed E-state index contributed by atoms with van der Waals surface area (Å²) in [4.78, 5) is 15.6. The van der Waals surface area contributed by atoms with Gasteiger partial charge in [0.2, 0.25) is 0 Å². The first-order valence-electron chi connectivity index (χ1n) is 13.2. The minimum absolute atomic E-state index is 0.0280. The molecule has 0 bridgehead atoms. The van der Waals surface area contributed by atoms with Crippen molar-refractivity contribution >= 4 is 11.6 Å². The van der Waals surface area contributed by atoms with E-state index >= 15 is 0 Å². The number of ether oxygens (including phenoxy) is 3. The normalized spacial score (nSPS) is 27.2. The van der Waals surface area contributed by atoms with Crippen molar-refractivity contribution in [3.05, 3.63) is 65.1 Å². The fraction of sp³-hybridized carbons (Fsp3) is 0.429. The van der Waals surface area contributed by atoms with Gasteiger partial charge < -0.3 is 34.4 Å². The van der Waals surface area contributed by atoms with Crippen molar-refractivity contribution in [2.45, 2.75) is 49.5 Å². The van der Waals surface area contributed by atoms with Crippen LogP contribution >= 0.6 is 0 Å². The Morgan fingerprint density at radius 3 is 2.51 bits per heavy atom. The number of aromatic nitrogens is 3. The Morgan fingerprint density at radius 2 is 1.91 bits per heavy atom. The van der Waals surface area contributed by atoms with E-state index in [-0.39, 0.29) is 35.7 Å². The van der Waals surface area contributed by atoms with Crippen molar-refractivity contribution < 1.29 is 47.5 Å². The van der Waals surface area contributed by atoms with Crippen LogP contribution in [0.25, 0.3) is 11.3 Å². The lowest BCUT2D eigenvalue weighted by Crippen LogP contribution is -2.63. The maximum atomic E-state index is 14.3. The maximum absolute atomic E-state index is 14.3. The van der Waals surface area contributed by atoms with E-state index in [1.54, 1.807) is 19.1 Å². The first kappa shape index (κ1) is 30.5. The summed E-state index contributed by atoms with van der Waals surface area (Å²) < 4.78 is 59.3. The predicted molar refractivity (Wildman–Crippen MR) is 141 cm³/mol. The minimum atomic E-state index is -1.65. The van der Waals surface area contributed by atoms with E-state index in [1.165, 1.54) is 24.3 Å². The number of amides is 1. The van der Waals surface area contributed by atoms with Crippen molar-refractivity contribution in [3.63, 3.8) is 0 Å². The summed E-state index contributed by atoms with van der Waals surface area (Å²) in [5.41, 5.74) is 0.990. The zero-order valence-corrected chi connectivity index (χ0v) is 23.0. The van der Waals surface area contributed by atoms with Gasteiger partial charge in [0.05, 0.1) is 43.7 Å². The molecule has 5 rings (SSSR count). The van der Waals surface area contributed by atoms with Gasteiger partial charge in [-0.25, -0.2) is 17.9 Å². The second-order valence-corrected chi connectivity index (χ2v) is 10.3. The molecular formula is C28H28F3N5O7. The third-order valence-corrected chi connectivity index (χ3v) is 7.54. The van der Waals surface area contributed by atoms with Crippen molar-refractivity contribution in [1.82, 2.24) is 15.0 Å². The molecule has 43 heavy (non-hydrogen) atoms. The molecule has 228 valence electrons. The van der Waals surface area contributed by atoms with Crippen LogP contribution in [-0.4, -0.2) is 99.7 Å². The van der Waals surface area contributed by atoms with Gasteiger partial charge in [0.25, 0.3) is 5.91 Å². The lowest BCUT2D eigenvalue weighted by atomic mass is 9.91. The number of anilines is 1. The summed E-state index contributed by atoms with van der Waals surface area (Å²) in [6, 6.07) is 6.15. The summed E-state index contributed by atoms with van der Waals surface area (Å²) >= 11 is 0. The summed E-state index contributed by atoms with van der Waals surface area (Å²) in [6.07, 6.45) is -5.46.